The van der Waals surface area contributed by atoms with Crippen LogP contribution >= 0.6 is 34.5 Å². The third-order valence-electron chi connectivity index (χ3n) is 3.70. The van der Waals surface area contributed by atoms with Crippen LogP contribution in [-0.2, 0) is 0 Å². The van der Waals surface area contributed by atoms with Crippen molar-refractivity contribution < 1.29 is 0 Å². The number of aromatic amines is 1. The van der Waals surface area contributed by atoms with Crippen LogP contribution in [0.15, 0.2) is 66.0 Å². The van der Waals surface area contributed by atoms with Gasteiger partial charge in [0.1, 0.15) is 5.82 Å². The van der Waals surface area contributed by atoms with E-state index in [2.05, 4.69) is 28.6 Å². The second-order valence-corrected chi connectivity index (χ2v) is 7.07. The normalized spacial score (nSPS) is 10.9. The molecule has 0 atom stereocenters. The number of nitrogens with one attached hydrogen (secondary N) is 1. The summed E-state index contributed by atoms with van der Waals surface area (Å²) in [5.74, 6) is 0.735. The van der Waals surface area contributed by atoms with Crippen LogP contribution in [0.25, 0.3) is 33.2 Å². The van der Waals surface area contributed by atoms with Crippen LogP contribution in [-0.4, -0.2) is 9.97 Å². The number of hydrogen-bond donors (Lipinski definition) is 1. The summed E-state index contributed by atoms with van der Waals surface area (Å²) >= 11 is 14.0. The molecule has 0 spiro atoms. The molecule has 0 radical (unpaired) electrons. The average Bonchev–Trinajstić information content (AvgIpc) is 3.25. The maximum atomic E-state index is 6.35. The molecule has 0 saturated carbocycles. The predicted molar refractivity (Wildman–Crippen MR) is 103 cm³/mol. The maximum Gasteiger partial charge on any atom is 0.140 e. The Kier molecular flexibility index (Phi) is 4.15. The van der Waals surface area contributed by atoms with Crippen molar-refractivity contribution in [1.82, 2.24) is 9.97 Å². The molecule has 0 aliphatic rings. The minimum absolute atomic E-state index is 0.577. The Morgan fingerprint density at radius 1 is 0.917 bits per heavy atom. The van der Waals surface area contributed by atoms with Gasteiger partial charge in [-0.2, -0.15) is 0 Å². The van der Waals surface area contributed by atoms with E-state index in [4.69, 9.17) is 28.2 Å². The first-order valence-corrected chi connectivity index (χ1v) is 9.00. The Morgan fingerprint density at radius 2 is 1.75 bits per heavy atom. The summed E-state index contributed by atoms with van der Waals surface area (Å²) in [6.45, 7) is 0. The fourth-order valence-electron chi connectivity index (χ4n) is 2.59. The van der Waals surface area contributed by atoms with Gasteiger partial charge in [-0.1, -0.05) is 59.6 Å². The monoisotopic (exact) mass is 370 g/mol. The molecular formula is C19H12Cl2N2S. The molecule has 0 bridgehead atoms. The number of aromatic nitrogens is 2. The van der Waals surface area contributed by atoms with Crippen molar-refractivity contribution >= 4 is 34.5 Å². The quantitative estimate of drug-likeness (QED) is 0.422. The highest BCUT2D eigenvalue weighted by molar-refractivity contribution is 7.13. The van der Waals surface area contributed by atoms with E-state index < -0.39 is 0 Å². The number of imidazole rings is 1. The van der Waals surface area contributed by atoms with Gasteiger partial charge in [-0.3, -0.25) is 0 Å². The van der Waals surface area contributed by atoms with Gasteiger partial charge in [0, 0.05) is 16.1 Å². The van der Waals surface area contributed by atoms with E-state index in [1.54, 1.807) is 17.4 Å². The van der Waals surface area contributed by atoms with Crippen molar-refractivity contribution in [2.24, 2.45) is 0 Å². The van der Waals surface area contributed by atoms with Gasteiger partial charge in [0.15, 0.2) is 0 Å². The van der Waals surface area contributed by atoms with Crippen LogP contribution < -0.4 is 0 Å². The highest BCUT2D eigenvalue weighted by Crippen LogP contribution is 2.37. The van der Waals surface area contributed by atoms with Crippen LogP contribution in [0, 0.1) is 0 Å². The molecule has 0 aliphatic carbocycles. The van der Waals surface area contributed by atoms with E-state index >= 15 is 0 Å². The largest absolute Gasteiger partial charge is 0.337 e. The lowest BCUT2D eigenvalue weighted by Gasteiger charge is -2.00. The Hall–Kier alpha value is -2.07. The summed E-state index contributed by atoms with van der Waals surface area (Å²) in [6.07, 6.45) is 0. The number of halogens is 2. The highest BCUT2D eigenvalue weighted by atomic mass is 35.5. The highest BCUT2D eigenvalue weighted by Gasteiger charge is 2.17. The molecule has 0 fully saturated rings. The maximum absolute atomic E-state index is 6.35. The molecule has 4 rings (SSSR count). The number of hydrogen-bond acceptors (Lipinski definition) is 2. The first-order chi connectivity index (χ1) is 11.7. The van der Waals surface area contributed by atoms with Gasteiger partial charge >= 0.3 is 0 Å². The van der Waals surface area contributed by atoms with Gasteiger partial charge in [0.2, 0.25) is 0 Å². The van der Waals surface area contributed by atoms with E-state index in [0.29, 0.717) is 10.0 Å². The SMILES string of the molecule is Clc1ccc(-c2nc(-c3ccccc3)c(-c3cccs3)[nH]2)c(Cl)c1. The average molecular weight is 371 g/mol. The van der Waals surface area contributed by atoms with Gasteiger partial charge in [-0.25, -0.2) is 4.98 Å². The Bertz CT molecular complexity index is 976. The Balaban J connectivity index is 1.92. The molecule has 1 N–H and O–H groups in total. The number of nitrogens with zero attached hydrogens (tertiary/aromatic N) is 1. The van der Waals surface area contributed by atoms with Crippen molar-refractivity contribution in [1.29, 1.82) is 0 Å². The molecule has 2 aromatic heterocycles. The standard InChI is InChI=1S/C19H12Cl2N2S/c20-13-8-9-14(15(21)11-13)19-22-17(12-5-2-1-3-6-12)18(23-19)16-7-4-10-24-16/h1-11H,(H,22,23). The zero-order chi connectivity index (χ0) is 16.5. The Morgan fingerprint density at radius 3 is 2.46 bits per heavy atom. The molecule has 0 saturated heterocycles. The van der Waals surface area contributed by atoms with Gasteiger partial charge in [-0.05, 0) is 29.6 Å². The molecule has 0 aliphatic heterocycles. The molecular weight excluding hydrogens is 359 g/mol. The molecule has 2 aromatic carbocycles. The lowest BCUT2D eigenvalue weighted by atomic mass is 10.1. The molecule has 4 aromatic rings. The molecule has 24 heavy (non-hydrogen) atoms. The summed E-state index contributed by atoms with van der Waals surface area (Å²) < 4.78 is 0. The number of thiophene rings is 1. The minimum atomic E-state index is 0.577. The summed E-state index contributed by atoms with van der Waals surface area (Å²) in [5.41, 5.74) is 3.81. The van der Waals surface area contributed by atoms with Crippen molar-refractivity contribution in [3.8, 4) is 33.2 Å². The number of benzene rings is 2. The van der Waals surface area contributed by atoms with E-state index in [1.165, 1.54) is 0 Å². The van der Waals surface area contributed by atoms with Crippen molar-refractivity contribution in [3.63, 3.8) is 0 Å². The predicted octanol–water partition coefficient (Wildman–Crippen LogP) is 6.78. The van der Waals surface area contributed by atoms with Crippen LogP contribution in [0.1, 0.15) is 0 Å². The van der Waals surface area contributed by atoms with Gasteiger partial charge in [0.05, 0.1) is 21.3 Å². The van der Waals surface area contributed by atoms with Gasteiger partial charge in [-0.15, -0.1) is 11.3 Å². The fourth-order valence-corrected chi connectivity index (χ4v) is 3.81. The van der Waals surface area contributed by atoms with Crippen LogP contribution in [0.2, 0.25) is 10.0 Å². The summed E-state index contributed by atoms with van der Waals surface area (Å²) in [5, 5.41) is 3.24. The van der Waals surface area contributed by atoms with Crippen molar-refractivity contribution in [3.05, 3.63) is 76.1 Å². The first-order valence-electron chi connectivity index (χ1n) is 7.37. The summed E-state index contributed by atoms with van der Waals surface area (Å²) in [7, 11) is 0. The number of H-pyrrole nitrogens is 1. The third-order valence-corrected chi connectivity index (χ3v) is 5.14. The second kappa shape index (κ2) is 6.44. The molecule has 0 amide bonds. The van der Waals surface area contributed by atoms with E-state index in [9.17, 15) is 0 Å². The molecule has 0 unspecified atom stereocenters. The molecule has 2 heterocycles. The summed E-state index contributed by atoms with van der Waals surface area (Å²) in [6, 6.07) is 19.7. The van der Waals surface area contributed by atoms with E-state index in [1.807, 2.05) is 36.4 Å². The number of rotatable bonds is 3. The van der Waals surface area contributed by atoms with Crippen molar-refractivity contribution in [2.45, 2.75) is 0 Å². The van der Waals surface area contributed by atoms with Gasteiger partial charge < -0.3 is 4.98 Å². The van der Waals surface area contributed by atoms with Crippen LogP contribution in [0.5, 0.6) is 0 Å². The second-order valence-electron chi connectivity index (χ2n) is 5.28. The minimum Gasteiger partial charge on any atom is -0.337 e. The van der Waals surface area contributed by atoms with Crippen LogP contribution in [0.3, 0.4) is 0 Å². The molecule has 5 heteroatoms. The van der Waals surface area contributed by atoms with E-state index in [0.717, 1.165) is 33.2 Å². The zero-order valence-corrected chi connectivity index (χ0v) is 14.8. The van der Waals surface area contributed by atoms with Crippen molar-refractivity contribution in [2.75, 3.05) is 0 Å². The topological polar surface area (TPSA) is 28.7 Å². The third kappa shape index (κ3) is 2.86. The first kappa shape index (κ1) is 15.5. The summed E-state index contributed by atoms with van der Waals surface area (Å²) in [4.78, 5) is 9.39. The van der Waals surface area contributed by atoms with Crippen LogP contribution in [0.4, 0.5) is 0 Å². The fraction of sp³-hybridized carbons (Fsp3) is 0. The molecule has 118 valence electrons. The smallest absolute Gasteiger partial charge is 0.140 e. The zero-order valence-electron chi connectivity index (χ0n) is 12.5. The van der Waals surface area contributed by atoms with Gasteiger partial charge in [0.25, 0.3) is 0 Å². The lowest BCUT2D eigenvalue weighted by Crippen LogP contribution is -1.82. The Labute approximate surface area is 153 Å². The van der Waals surface area contributed by atoms with E-state index in [-0.39, 0.29) is 0 Å². The molecule has 2 nitrogen and oxygen atoms in total. The lowest BCUT2D eigenvalue weighted by molar-refractivity contribution is 1.31.